The lowest BCUT2D eigenvalue weighted by atomic mass is 10.0. The van der Waals surface area contributed by atoms with E-state index in [1.807, 2.05) is 0 Å². The monoisotopic (exact) mass is 437 g/mol. The molecule has 0 aliphatic carbocycles. The lowest BCUT2D eigenvalue weighted by molar-refractivity contribution is -0.159. The predicted octanol–water partition coefficient (Wildman–Crippen LogP) is 3.87. The number of benzene rings is 2. The lowest BCUT2D eigenvalue weighted by Gasteiger charge is -2.30. The number of fused-ring (bicyclic) bond motifs is 1. The molecule has 6 nitrogen and oxygen atoms in total. The minimum Gasteiger partial charge on any atom is -0.491 e. The zero-order chi connectivity index (χ0) is 19.8. The molecule has 1 heterocycles. The fourth-order valence-corrected chi connectivity index (χ4v) is 3.71. The van der Waals surface area contributed by atoms with Crippen LogP contribution in [0.4, 0.5) is 0 Å². The summed E-state index contributed by atoms with van der Waals surface area (Å²) in [4.78, 5) is 20.7. The second-order valence-electron chi connectivity index (χ2n) is 6.61. The van der Waals surface area contributed by atoms with Crippen LogP contribution in [0.2, 0.25) is 0 Å². The molecule has 1 saturated heterocycles. The quantitative estimate of drug-likeness (QED) is 0.705. The number of ether oxygens (including phenoxy) is 1. The number of carboxylic acid groups (broad SMARTS) is 2. The molecule has 0 aromatic heterocycles. The van der Waals surface area contributed by atoms with Gasteiger partial charge in [0.15, 0.2) is 0 Å². The Kier molecular flexibility index (Phi) is 8.06. The summed E-state index contributed by atoms with van der Waals surface area (Å²) in [6.07, 6.45) is 2.69. The average molecular weight is 438 g/mol. The molecule has 0 saturated carbocycles. The molecule has 2 aromatic rings. The van der Waals surface area contributed by atoms with Crippen molar-refractivity contribution < 1.29 is 24.5 Å². The third-order valence-electron chi connectivity index (χ3n) is 4.42. The van der Waals surface area contributed by atoms with Crippen molar-refractivity contribution in [2.45, 2.75) is 19.8 Å². The lowest BCUT2D eigenvalue weighted by Crippen LogP contribution is -2.37. The maximum atomic E-state index is 9.10. The minimum absolute atomic E-state index is 0.754. The second kappa shape index (κ2) is 10.3. The highest BCUT2D eigenvalue weighted by molar-refractivity contribution is 9.10. The van der Waals surface area contributed by atoms with Crippen LogP contribution in [0.3, 0.4) is 0 Å². The van der Waals surface area contributed by atoms with Gasteiger partial charge in [0.25, 0.3) is 0 Å². The molecule has 2 aromatic carbocycles. The standard InChI is InChI=1S/C18H22BrNO.C2H2O4/c1-14-5-4-10-20(13-14)11-12-21-17-9-8-15-6-2-3-7-16(15)18(17)19;3-1(4)2(5)6/h2-3,6-9,14H,4-5,10-13H2,1H3;(H,3,4)(H,5,6). The molecule has 7 heteroatoms. The summed E-state index contributed by atoms with van der Waals surface area (Å²) in [7, 11) is 0. The first-order valence-electron chi connectivity index (χ1n) is 8.87. The van der Waals surface area contributed by atoms with Gasteiger partial charge in [0.05, 0.1) is 4.47 Å². The molecule has 0 amide bonds. The van der Waals surface area contributed by atoms with Crippen LogP contribution in [0.25, 0.3) is 10.8 Å². The van der Waals surface area contributed by atoms with Gasteiger partial charge >= 0.3 is 11.9 Å². The van der Waals surface area contributed by atoms with Crippen LogP contribution >= 0.6 is 15.9 Å². The number of halogens is 1. The number of likely N-dealkylation sites (tertiary alicyclic amines) is 1. The molecule has 1 aliphatic heterocycles. The van der Waals surface area contributed by atoms with Crippen molar-refractivity contribution in [2.24, 2.45) is 5.92 Å². The van der Waals surface area contributed by atoms with Crippen LogP contribution < -0.4 is 4.74 Å². The van der Waals surface area contributed by atoms with Gasteiger partial charge in [0.1, 0.15) is 12.4 Å². The molecule has 2 N–H and O–H groups in total. The van der Waals surface area contributed by atoms with Crippen molar-refractivity contribution in [1.82, 2.24) is 4.90 Å². The van der Waals surface area contributed by atoms with E-state index in [-0.39, 0.29) is 0 Å². The van der Waals surface area contributed by atoms with Crippen molar-refractivity contribution in [3.8, 4) is 5.75 Å². The number of carboxylic acids is 2. The van der Waals surface area contributed by atoms with Crippen molar-refractivity contribution >= 4 is 38.6 Å². The Morgan fingerprint density at radius 3 is 2.56 bits per heavy atom. The van der Waals surface area contributed by atoms with Gasteiger partial charge in [-0.15, -0.1) is 0 Å². The normalized spacial score (nSPS) is 17.0. The molecule has 27 heavy (non-hydrogen) atoms. The van der Waals surface area contributed by atoms with Crippen LogP contribution in [-0.2, 0) is 9.59 Å². The summed E-state index contributed by atoms with van der Waals surface area (Å²) in [6, 6.07) is 12.6. The Labute approximate surface area is 166 Å². The number of carbonyl (C=O) groups is 2. The maximum absolute atomic E-state index is 9.10. The second-order valence-corrected chi connectivity index (χ2v) is 7.40. The van der Waals surface area contributed by atoms with Crippen LogP contribution in [0.5, 0.6) is 5.75 Å². The number of hydrogen-bond acceptors (Lipinski definition) is 4. The Morgan fingerprint density at radius 2 is 1.89 bits per heavy atom. The fraction of sp³-hybridized carbons (Fsp3) is 0.400. The first-order chi connectivity index (χ1) is 12.9. The molecule has 1 atom stereocenters. The van der Waals surface area contributed by atoms with Gasteiger partial charge in [-0.1, -0.05) is 37.3 Å². The van der Waals surface area contributed by atoms with E-state index in [1.54, 1.807) is 0 Å². The molecule has 3 rings (SSSR count). The maximum Gasteiger partial charge on any atom is 0.414 e. The van der Waals surface area contributed by atoms with Crippen molar-refractivity contribution in [2.75, 3.05) is 26.2 Å². The molecular formula is C20H24BrNO5. The van der Waals surface area contributed by atoms with E-state index in [0.29, 0.717) is 0 Å². The Morgan fingerprint density at radius 1 is 1.19 bits per heavy atom. The largest absolute Gasteiger partial charge is 0.491 e. The summed E-state index contributed by atoms with van der Waals surface area (Å²) >= 11 is 3.68. The molecule has 146 valence electrons. The van der Waals surface area contributed by atoms with E-state index in [0.717, 1.165) is 29.3 Å². The van der Waals surface area contributed by atoms with Gasteiger partial charge in [-0.05, 0) is 58.1 Å². The van der Waals surface area contributed by atoms with E-state index in [9.17, 15) is 0 Å². The van der Waals surface area contributed by atoms with Crippen LogP contribution in [0.15, 0.2) is 40.9 Å². The predicted molar refractivity (Wildman–Crippen MR) is 107 cm³/mol. The molecular weight excluding hydrogens is 414 g/mol. The van der Waals surface area contributed by atoms with Gasteiger partial charge < -0.3 is 14.9 Å². The summed E-state index contributed by atoms with van der Waals surface area (Å²) in [5, 5.41) is 17.2. The summed E-state index contributed by atoms with van der Waals surface area (Å²) < 4.78 is 7.06. The third kappa shape index (κ3) is 6.52. The van der Waals surface area contributed by atoms with E-state index < -0.39 is 11.9 Å². The fourth-order valence-electron chi connectivity index (χ4n) is 3.10. The van der Waals surface area contributed by atoms with E-state index in [2.05, 4.69) is 64.2 Å². The first kappa shape index (κ1) is 21.2. The van der Waals surface area contributed by atoms with Gasteiger partial charge in [0, 0.05) is 13.1 Å². The summed E-state index contributed by atoms with van der Waals surface area (Å²) in [5.41, 5.74) is 0. The highest BCUT2D eigenvalue weighted by Gasteiger charge is 2.16. The van der Waals surface area contributed by atoms with Crippen molar-refractivity contribution in [1.29, 1.82) is 0 Å². The Hall–Kier alpha value is -2.12. The van der Waals surface area contributed by atoms with Crippen molar-refractivity contribution in [3.63, 3.8) is 0 Å². The van der Waals surface area contributed by atoms with Gasteiger partial charge in [-0.2, -0.15) is 0 Å². The topological polar surface area (TPSA) is 87.1 Å². The summed E-state index contributed by atoms with van der Waals surface area (Å²) in [6.45, 7) is 6.54. The van der Waals surface area contributed by atoms with Crippen molar-refractivity contribution in [3.05, 3.63) is 40.9 Å². The Bertz CT molecular complexity index is 783. The molecule has 1 fully saturated rings. The highest BCUT2D eigenvalue weighted by Crippen LogP contribution is 2.33. The SMILES string of the molecule is CC1CCCN(CCOc2ccc3ccccc3c2Br)C1.O=C(O)C(=O)O. The number of rotatable bonds is 4. The average Bonchev–Trinajstić information content (AvgIpc) is 2.64. The van der Waals surface area contributed by atoms with Crippen LogP contribution in [-0.4, -0.2) is 53.3 Å². The van der Waals surface area contributed by atoms with Gasteiger partial charge in [0.2, 0.25) is 0 Å². The number of hydrogen-bond donors (Lipinski definition) is 2. The van der Waals surface area contributed by atoms with Gasteiger partial charge in [-0.3, -0.25) is 4.90 Å². The number of nitrogens with zero attached hydrogens (tertiary/aromatic N) is 1. The zero-order valence-electron chi connectivity index (χ0n) is 15.2. The number of piperidine rings is 1. The van der Waals surface area contributed by atoms with Crippen LogP contribution in [0, 0.1) is 5.92 Å². The molecule has 0 spiro atoms. The van der Waals surface area contributed by atoms with Gasteiger partial charge in [-0.25, -0.2) is 9.59 Å². The smallest absolute Gasteiger partial charge is 0.414 e. The molecule has 1 unspecified atom stereocenters. The van der Waals surface area contributed by atoms with E-state index in [1.165, 1.54) is 36.7 Å². The first-order valence-corrected chi connectivity index (χ1v) is 9.66. The molecule has 1 aliphatic rings. The van der Waals surface area contributed by atoms with E-state index in [4.69, 9.17) is 24.5 Å². The summed E-state index contributed by atoms with van der Waals surface area (Å²) in [5.74, 6) is -1.88. The zero-order valence-corrected chi connectivity index (χ0v) is 16.8. The molecule has 0 radical (unpaired) electrons. The highest BCUT2D eigenvalue weighted by atomic mass is 79.9. The molecule has 0 bridgehead atoms. The third-order valence-corrected chi connectivity index (χ3v) is 5.23. The van der Waals surface area contributed by atoms with Crippen LogP contribution in [0.1, 0.15) is 19.8 Å². The number of aliphatic carboxylic acids is 2. The Balaban J connectivity index is 0.000000380. The minimum atomic E-state index is -1.82. The van der Waals surface area contributed by atoms with E-state index >= 15 is 0 Å².